The van der Waals surface area contributed by atoms with E-state index in [0.29, 0.717) is 22.5 Å². The van der Waals surface area contributed by atoms with Gasteiger partial charge in [-0.3, -0.25) is 4.79 Å². The molecule has 4 heteroatoms. The van der Waals surface area contributed by atoms with E-state index in [-0.39, 0.29) is 5.91 Å². The third kappa shape index (κ3) is 4.73. The number of benzene rings is 2. The molecule has 1 atom stereocenters. The molecule has 3 nitrogen and oxygen atoms in total. The van der Waals surface area contributed by atoms with Gasteiger partial charge >= 0.3 is 0 Å². The smallest absolute Gasteiger partial charge is 0.248 e. The highest BCUT2D eigenvalue weighted by atomic mass is 35.5. The van der Waals surface area contributed by atoms with Crippen molar-refractivity contribution in [2.24, 2.45) is 0 Å². The third-order valence-corrected chi connectivity index (χ3v) is 5.25. The highest BCUT2D eigenvalue weighted by Gasteiger charge is 2.10. The maximum atomic E-state index is 12.4. The molecule has 3 rings (SSSR count). The first-order valence-corrected chi connectivity index (χ1v) is 9.80. The molecular weight excluding hydrogens is 370 g/mol. The summed E-state index contributed by atoms with van der Waals surface area (Å²) in [6.07, 6.45) is 4.17. The Morgan fingerprint density at radius 2 is 1.96 bits per heavy atom. The van der Waals surface area contributed by atoms with E-state index in [0.717, 1.165) is 28.8 Å². The second-order valence-corrected chi connectivity index (χ2v) is 7.29. The molecule has 0 radical (unpaired) electrons. The van der Waals surface area contributed by atoms with Crippen LogP contribution in [0.15, 0.2) is 65.1 Å². The molecule has 0 bridgehead atoms. The molecule has 0 saturated carbocycles. The van der Waals surface area contributed by atoms with Crippen LogP contribution < -0.4 is 5.32 Å². The summed E-state index contributed by atoms with van der Waals surface area (Å²) in [5, 5.41) is 3.66. The summed E-state index contributed by atoms with van der Waals surface area (Å²) in [5.74, 6) is 1.52. The fraction of sp³-hybridized carbons (Fsp3) is 0.208. The minimum atomic E-state index is -0.188. The van der Waals surface area contributed by atoms with Crippen LogP contribution in [0.25, 0.3) is 17.4 Å². The largest absolute Gasteiger partial charge is 0.457 e. The van der Waals surface area contributed by atoms with Gasteiger partial charge in [0.05, 0.1) is 0 Å². The van der Waals surface area contributed by atoms with Gasteiger partial charge in [-0.25, -0.2) is 0 Å². The number of carbonyl (C=O) groups excluding carboxylic acids is 1. The fourth-order valence-electron chi connectivity index (χ4n) is 2.94. The van der Waals surface area contributed by atoms with Crippen molar-refractivity contribution < 1.29 is 9.21 Å². The number of anilines is 1. The van der Waals surface area contributed by atoms with Crippen LogP contribution in [0.3, 0.4) is 0 Å². The standard InChI is InChI=1S/C24H24ClNO2/c1-4-16(2)20-7-5-6-8-22(20)26-24(27)14-12-19-11-13-23(28-19)18-10-9-17(3)21(25)15-18/h5-16H,4H2,1-3H3,(H,26,27)/b14-12+. The molecular formula is C24H24ClNO2. The summed E-state index contributed by atoms with van der Waals surface area (Å²) in [5.41, 5.74) is 3.91. The molecule has 1 unspecified atom stereocenters. The van der Waals surface area contributed by atoms with Crippen LogP contribution in [0, 0.1) is 6.92 Å². The number of amides is 1. The van der Waals surface area contributed by atoms with Gasteiger partial charge in [0.15, 0.2) is 0 Å². The number of para-hydroxylation sites is 1. The van der Waals surface area contributed by atoms with E-state index < -0.39 is 0 Å². The summed E-state index contributed by atoms with van der Waals surface area (Å²) in [6.45, 7) is 6.25. The number of furan rings is 1. The minimum Gasteiger partial charge on any atom is -0.457 e. The van der Waals surface area contributed by atoms with Crippen molar-refractivity contribution in [3.8, 4) is 11.3 Å². The van der Waals surface area contributed by atoms with Gasteiger partial charge in [0.1, 0.15) is 11.5 Å². The molecule has 3 aromatic rings. The maximum absolute atomic E-state index is 12.4. The Bertz CT molecular complexity index is 1000. The van der Waals surface area contributed by atoms with E-state index >= 15 is 0 Å². The minimum absolute atomic E-state index is 0.188. The summed E-state index contributed by atoms with van der Waals surface area (Å²) in [7, 11) is 0. The predicted octanol–water partition coefficient (Wildman–Crippen LogP) is 7.07. The van der Waals surface area contributed by atoms with Gasteiger partial charge in [-0.1, -0.05) is 55.8 Å². The normalized spacial score (nSPS) is 12.3. The van der Waals surface area contributed by atoms with Crippen molar-refractivity contribution in [3.05, 3.63) is 82.6 Å². The lowest BCUT2D eigenvalue weighted by atomic mass is 9.97. The first kappa shape index (κ1) is 20.0. The van der Waals surface area contributed by atoms with Gasteiger partial charge < -0.3 is 9.73 Å². The average Bonchev–Trinajstić information content (AvgIpc) is 3.17. The number of hydrogen-bond acceptors (Lipinski definition) is 2. The van der Waals surface area contributed by atoms with E-state index in [1.165, 1.54) is 6.08 Å². The zero-order valence-electron chi connectivity index (χ0n) is 16.3. The molecule has 1 heterocycles. The number of aryl methyl sites for hydroxylation is 1. The van der Waals surface area contributed by atoms with Crippen molar-refractivity contribution in [2.75, 3.05) is 5.32 Å². The van der Waals surface area contributed by atoms with Gasteiger partial charge in [-0.2, -0.15) is 0 Å². The lowest BCUT2D eigenvalue weighted by molar-refractivity contribution is -0.111. The van der Waals surface area contributed by atoms with Crippen LogP contribution in [-0.2, 0) is 4.79 Å². The van der Waals surface area contributed by atoms with Gasteiger partial charge in [-0.05, 0) is 60.7 Å². The number of nitrogens with one attached hydrogen (secondary N) is 1. The molecule has 1 N–H and O–H groups in total. The molecule has 0 fully saturated rings. The van der Waals surface area contributed by atoms with Crippen LogP contribution in [0.5, 0.6) is 0 Å². The molecule has 1 amide bonds. The Morgan fingerprint density at radius 1 is 1.18 bits per heavy atom. The zero-order valence-corrected chi connectivity index (χ0v) is 17.1. The average molecular weight is 394 g/mol. The van der Waals surface area contributed by atoms with Crippen LogP contribution in [-0.4, -0.2) is 5.91 Å². The number of carbonyl (C=O) groups is 1. The zero-order chi connectivity index (χ0) is 20.1. The lowest BCUT2D eigenvalue weighted by Crippen LogP contribution is -2.10. The van der Waals surface area contributed by atoms with Crippen molar-refractivity contribution in [2.45, 2.75) is 33.1 Å². The highest BCUT2D eigenvalue weighted by Crippen LogP contribution is 2.28. The molecule has 2 aromatic carbocycles. The summed E-state index contributed by atoms with van der Waals surface area (Å²) in [6, 6.07) is 17.4. The Labute approximate surface area is 171 Å². The SMILES string of the molecule is CCC(C)c1ccccc1NC(=O)/C=C/c1ccc(-c2ccc(C)c(Cl)c2)o1. The van der Waals surface area contributed by atoms with E-state index in [4.69, 9.17) is 16.0 Å². The van der Waals surface area contributed by atoms with Crippen LogP contribution in [0.2, 0.25) is 5.02 Å². The number of hydrogen-bond donors (Lipinski definition) is 1. The molecule has 28 heavy (non-hydrogen) atoms. The lowest BCUT2D eigenvalue weighted by Gasteiger charge is -2.14. The van der Waals surface area contributed by atoms with E-state index in [2.05, 4.69) is 25.2 Å². The summed E-state index contributed by atoms with van der Waals surface area (Å²) >= 11 is 6.19. The monoisotopic (exact) mass is 393 g/mol. The molecule has 0 spiro atoms. The van der Waals surface area contributed by atoms with Crippen LogP contribution >= 0.6 is 11.6 Å². The van der Waals surface area contributed by atoms with Crippen molar-refractivity contribution >= 4 is 29.3 Å². The predicted molar refractivity (Wildman–Crippen MR) is 117 cm³/mol. The first-order valence-electron chi connectivity index (χ1n) is 9.42. The van der Waals surface area contributed by atoms with Crippen molar-refractivity contribution in [3.63, 3.8) is 0 Å². The quantitative estimate of drug-likeness (QED) is 0.455. The molecule has 0 aliphatic carbocycles. The molecule has 0 aliphatic rings. The third-order valence-electron chi connectivity index (χ3n) is 4.84. The van der Waals surface area contributed by atoms with Crippen molar-refractivity contribution in [1.29, 1.82) is 0 Å². The maximum Gasteiger partial charge on any atom is 0.248 e. The van der Waals surface area contributed by atoms with Crippen molar-refractivity contribution in [1.82, 2.24) is 0 Å². The highest BCUT2D eigenvalue weighted by molar-refractivity contribution is 6.31. The number of rotatable bonds is 6. The van der Waals surface area contributed by atoms with Gasteiger partial charge in [0.25, 0.3) is 0 Å². The second-order valence-electron chi connectivity index (χ2n) is 6.89. The molecule has 0 aliphatic heterocycles. The van der Waals surface area contributed by atoms with Gasteiger partial charge in [0, 0.05) is 22.3 Å². The Hall–Kier alpha value is -2.78. The van der Waals surface area contributed by atoms with E-state index in [1.54, 1.807) is 6.08 Å². The first-order chi connectivity index (χ1) is 13.5. The molecule has 0 saturated heterocycles. The van der Waals surface area contributed by atoms with E-state index in [1.807, 2.05) is 55.5 Å². The molecule has 144 valence electrons. The topological polar surface area (TPSA) is 42.2 Å². The van der Waals surface area contributed by atoms with Crippen LogP contribution in [0.1, 0.15) is 43.1 Å². The number of halogens is 1. The second kappa shape index (κ2) is 8.94. The van der Waals surface area contributed by atoms with Crippen LogP contribution in [0.4, 0.5) is 5.69 Å². The fourth-order valence-corrected chi connectivity index (χ4v) is 3.12. The van der Waals surface area contributed by atoms with Gasteiger partial charge in [-0.15, -0.1) is 0 Å². The molecule has 1 aromatic heterocycles. The Balaban J connectivity index is 1.70. The summed E-state index contributed by atoms with van der Waals surface area (Å²) < 4.78 is 5.82. The van der Waals surface area contributed by atoms with Gasteiger partial charge in [0.2, 0.25) is 5.91 Å². The Kier molecular flexibility index (Phi) is 6.37. The Morgan fingerprint density at radius 3 is 2.71 bits per heavy atom. The summed E-state index contributed by atoms with van der Waals surface area (Å²) in [4.78, 5) is 12.4. The van der Waals surface area contributed by atoms with E-state index in [9.17, 15) is 4.79 Å².